The Labute approximate surface area is 81.6 Å². The van der Waals surface area contributed by atoms with Gasteiger partial charge in [0.25, 0.3) is 0 Å². The van der Waals surface area contributed by atoms with Gasteiger partial charge in [-0.05, 0) is 24.3 Å². The minimum atomic E-state index is 0.803. The topological polar surface area (TPSA) is 46.0 Å². The monoisotopic (exact) mass is 195 g/mol. The van der Waals surface area contributed by atoms with Crippen LogP contribution in [0.2, 0.25) is 0 Å². The van der Waals surface area contributed by atoms with E-state index in [1.807, 2.05) is 24.3 Å². The lowest BCUT2D eigenvalue weighted by Crippen LogP contribution is -1.87. The van der Waals surface area contributed by atoms with Crippen molar-refractivity contribution in [1.29, 1.82) is 0 Å². The van der Waals surface area contributed by atoms with E-state index in [9.17, 15) is 0 Å². The molecule has 1 rings (SSSR count). The van der Waals surface area contributed by atoms with Crippen LogP contribution < -0.4 is 10.2 Å². The molecule has 1 aromatic rings. The number of rotatable bonds is 4. The Kier molecular flexibility index (Phi) is 3.84. The van der Waals surface area contributed by atoms with Crippen molar-refractivity contribution < 1.29 is 4.74 Å². The predicted molar refractivity (Wildman–Crippen MR) is 55.1 cm³/mol. The molecule has 1 aromatic carbocycles. The molecule has 5 heteroatoms. The summed E-state index contributed by atoms with van der Waals surface area (Å²) in [5.74, 6) is 0.803. The number of nitrogens with one attached hydrogen (secondary N) is 1. The molecule has 0 aromatic heterocycles. The quantitative estimate of drug-likeness (QED) is 0.456. The van der Waals surface area contributed by atoms with Crippen molar-refractivity contribution in [2.24, 2.45) is 10.3 Å². The van der Waals surface area contributed by atoms with Gasteiger partial charge in [0.2, 0.25) is 0 Å². The Morgan fingerprint density at radius 1 is 1.38 bits per heavy atom. The molecule has 0 aliphatic heterocycles. The van der Waals surface area contributed by atoms with Gasteiger partial charge < -0.3 is 4.74 Å². The van der Waals surface area contributed by atoms with Gasteiger partial charge in [-0.2, -0.15) is 0 Å². The molecule has 4 nitrogen and oxygen atoms in total. The molecule has 1 N–H and O–H groups in total. The summed E-state index contributed by atoms with van der Waals surface area (Å²) < 4.78 is 4.99. The van der Waals surface area contributed by atoms with Crippen LogP contribution in [0.3, 0.4) is 0 Å². The van der Waals surface area contributed by atoms with E-state index in [4.69, 9.17) is 4.74 Å². The van der Waals surface area contributed by atoms with E-state index in [1.165, 1.54) is 5.49 Å². The molecule has 0 unspecified atom stereocenters. The highest BCUT2D eigenvalue weighted by Crippen LogP contribution is 2.14. The van der Waals surface area contributed by atoms with Crippen LogP contribution in [-0.2, 0) is 0 Å². The zero-order valence-electron chi connectivity index (χ0n) is 7.10. The Bertz CT molecular complexity index is 297. The van der Waals surface area contributed by atoms with Crippen LogP contribution in [0.25, 0.3) is 0 Å². The minimum absolute atomic E-state index is 0.803. The average molecular weight is 195 g/mol. The maximum Gasteiger partial charge on any atom is 0.119 e. The third-order valence-electron chi connectivity index (χ3n) is 1.37. The molecule has 0 amide bonds. The molecule has 68 valence electrons. The third-order valence-corrected chi connectivity index (χ3v) is 1.47. The normalized spacial score (nSPS) is 9.92. The van der Waals surface area contributed by atoms with Crippen molar-refractivity contribution in [3.63, 3.8) is 0 Å². The summed E-state index contributed by atoms with van der Waals surface area (Å²) in [7, 11) is 1.62. The van der Waals surface area contributed by atoms with Crippen LogP contribution in [0.5, 0.6) is 5.75 Å². The fraction of sp³-hybridized carbons (Fsp3) is 0.125. The number of ether oxygens (including phenoxy) is 1. The SMILES string of the molecule is COc1ccc(NN=NC=S)cc1. The average Bonchev–Trinajstić information content (AvgIpc) is 2.19. The predicted octanol–water partition coefficient (Wildman–Crippen LogP) is 2.43. The van der Waals surface area contributed by atoms with Gasteiger partial charge in [0, 0.05) is 0 Å². The Morgan fingerprint density at radius 3 is 2.62 bits per heavy atom. The molecular formula is C8H9N3OS. The lowest BCUT2D eigenvalue weighted by atomic mass is 10.3. The zero-order valence-corrected chi connectivity index (χ0v) is 7.91. The highest BCUT2D eigenvalue weighted by Gasteiger charge is 1.90. The number of methoxy groups -OCH3 is 1. The molecule has 0 aliphatic rings. The van der Waals surface area contributed by atoms with Crippen LogP contribution in [0, 0.1) is 0 Å². The number of thiocarbonyl (C=S) groups is 1. The number of hydrogen-bond donors (Lipinski definition) is 1. The first-order valence-corrected chi connectivity index (χ1v) is 4.07. The summed E-state index contributed by atoms with van der Waals surface area (Å²) in [5, 5.41) is 7.07. The zero-order chi connectivity index (χ0) is 9.52. The van der Waals surface area contributed by atoms with E-state index < -0.39 is 0 Å². The number of anilines is 1. The standard InChI is InChI=1S/C8H9N3OS/c1-12-8-4-2-7(3-5-8)10-11-9-6-13/h2-6H,1H3,(H,9,10,13). The molecular weight excluding hydrogens is 186 g/mol. The Hall–Kier alpha value is -1.49. The van der Waals surface area contributed by atoms with Crippen LogP contribution >= 0.6 is 12.2 Å². The van der Waals surface area contributed by atoms with E-state index in [2.05, 4.69) is 28.0 Å². The van der Waals surface area contributed by atoms with Crippen molar-refractivity contribution in [3.05, 3.63) is 24.3 Å². The van der Waals surface area contributed by atoms with E-state index >= 15 is 0 Å². The molecule has 0 heterocycles. The molecule has 0 radical (unpaired) electrons. The number of nitrogens with zero attached hydrogens (tertiary/aromatic N) is 2. The van der Waals surface area contributed by atoms with E-state index in [-0.39, 0.29) is 0 Å². The van der Waals surface area contributed by atoms with Gasteiger partial charge in [-0.25, -0.2) is 0 Å². The molecule has 0 spiro atoms. The van der Waals surface area contributed by atoms with Crippen LogP contribution in [-0.4, -0.2) is 12.6 Å². The van der Waals surface area contributed by atoms with Crippen LogP contribution in [0.4, 0.5) is 5.69 Å². The molecule has 0 fully saturated rings. The summed E-state index contributed by atoms with van der Waals surface area (Å²) in [6.07, 6.45) is 0. The van der Waals surface area contributed by atoms with Crippen molar-refractivity contribution in [2.45, 2.75) is 0 Å². The first-order chi connectivity index (χ1) is 6.36. The van der Waals surface area contributed by atoms with Gasteiger partial charge in [0.15, 0.2) is 0 Å². The largest absolute Gasteiger partial charge is 0.497 e. The highest BCUT2D eigenvalue weighted by molar-refractivity contribution is 7.78. The first-order valence-electron chi connectivity index (χ1n) is 3.60. The van der Waals surface area contributed by atoms with Crippen molar-refractivity contribution in [3.8, 4) is 5.75 Å². The summed E-state index contributed by atoms with van der Waals surface area (Å²) >= 11 is 4.46. The van der Waals surface area contributed by atoms with Gasteiger partial charge in [-0.3, -0.25) is 5.43 Å². The molecule has 0 aliphatic carbocycles. The molecule has 0 saturated heterocycles. The van der Waals surface area contributed by atoms with E-state index in [1.54, 1.807) is 7.11 Å². The maximum atomic E-state index is 4.99. The van der Waals surface area contributed by atoms with Gasteiger partial charge in [0.1, 0.15) is 11.2 Å². The lowest BCUT2D eigenvalue weighted by Gasteiger charge is -2.00. The van der Waals surface area contributed by atoms with Gasteiger partial charge in [0.05, 0.1) is 12.8 Å². The summed E-state index contributed by atoms with van der Waals surface area (Å²) in [4.78, 5) is 0. The Balaban J connectivity index is 2.58. The molecule has 13 heavy (non-hydrogen) atoms. The van der Waals surface area contributed by atoms with Crippen molar-refractivity contribution in [1.82, 2.24) is 0 Å². The smallest absolute Gasteiger partial charge is 0.119 e. The first kappa shape index (κ1) is 9.60. The molecule has 0 saturated carbocycles. The molecule has 0 atom stereocenters. The Morgan fingerprint density at radius 2 is 2.08 bits per heavy atom. The number of benzene rings is 1. The second kappa shape index (κ2) is 5.21. The number of hydrogen-bond acceptors (Lipinski definition) is 3. The van der Waals surface area contributed by atoms with Crippen LogP contribution in [0.1, 0.15) is 0 Å². The highest BCUT2D eigenvalue weighted by atomic mass is 32.1. The van der Waals surface area contributed by atoms with Gasteiger partial charge >= 0.3 is 0 Å². The fourth-order valence-corrected chi connectivity index (χ4v) is 0.823. The van der Waals surface area contributed by atoms with Crippen molar-refractivity contribution in [2.75, 3.05) is 12.5 Å². The van der Waals surface area contributed by atoms with Gasteiger partial charge in [-0.1, -0.05) is 17.4 Å². The summed E-state index contributed by atoms with van der Waals surface area (Å²) in [6, 6.07) is 7.33. The second-order valence-corrected chi connectivity index (χ2v) is 2.37. The van der Waals surface area contributed by atoms with Crippen LogP contribution in [0.15, 0.2) is 34.6 Å². The fourth-order valence-electron chi connectivity index (χ4n) is 0.776. The van der Waals surface area contributed by atoms with Gasteiger partial charge in [-0.15, -0.1) is 5.11 Å². The van der Waals surface area contributed by atoms with E-state index in [0.717, 1.165) is 11.4 Å². The lowest BCUT2D eigenvalue weighted by molar-refractivity contribution is 0.415. The van der Waals surface area contributed by atoms with E-state index in [0.29, 0.717) is 0 Å². The summed E-state index contributed by atoms with van der Waals surface area (Å²) in [5.41, 5.74) is 4.73. The molecule has 0 bridgehead atoms. The maximum absolute atomic E-state index is 4.99. The van der Waals surface area contributed by atoms with Crippen molar-refractivity contribution >= 4 is 23.4 Å². The summed E-state index contributed by atoms with van der Waals surface area (Å²) in [6.45, 7) is 0. The third kappa shape index (κ3) is 3.16. The minimum Gasteiger partial charge on any atom is -0.497 e. The second-order valence-electron chi connectivity index (χ2n) is 2.16.